The summed E-state index contributed by atoms with van der Waals surface area (Å²) in [5.41, 5.74) is 4.04. The summed E-state index contributed by atoms with van der Waals surface area (Å²) in [6.45, 7) is 6.43. The molecule has 1 aliphatic heterocycles. The maximum Gasteiger partial charge on any atom is 0.410 e. The number of halogens is 1. The third kappa shape index (κ3) is 7.53. The molecule has 5 aromatic rings. The quantitative estimate of drug-likeness (QED) is 0.193. The van der Waals surface area contributed by atoms with Gasteiger partial charge in [0.15, 0.2) is 0 Å². The highest BCUT2D eigenvalue weighted by molar-refractivity contribution is 5.80. The van der Waals surface area contributed by atoms with Crippen LogP contribution in [0.15, 0.2) is 91.0 Å². The number of rotatable bonds is 9. The first-order valence-corrected chi connectivity index (χ1v) is 15.3. The monoisotopic (exact) mass is 624 g/mol. The predicted molar refractivity (Wildman–Crippen MR) is 173 cm³/mol. The van der Waals surface area contributed by atoms with E-state index in [0.29, 0.717) is 54.8 Å². The van der Waals surface area contributed by atoms with Crippen molar-refractivity contribution < 1.29 is 23.4 Å². The fourth-order valence-corrected chi connectivity index (χ4v) is 5.19. The Balaban J connectivity index is 1.19. The molecule has 3 aromatic carbocycles. The fourth-order valence-electron chi connectivity index (χ4n) is 5.19. The van der Waals surface area contributed by atoms with Crippen molar-refractivity contribution in [3.63, 3.8) is 0 Å². The Hall–Kier alpha value is -5.19. The number of nitrogens with zero attached hydrogens (tertiary/aromatic N) is 5. The molecule has 238 valence electrons. The van der Waals surface area contributed by atoms with Gasteiger partial charge in [0.05, 0.1) is 18.1 Å². The van der Waals surface area contributed by atoms with Gasteiger partial charge in [-0.1, -0.05) is 65.9 Å². The average molecular weight is 625 g/mol. The molecule has 3 heterocycles. The van der Waals surface area contributed by atoms with Crippen LogP contribution in [-0.4, -0.2) is 61.9 Å². The molecule has 1 fully saturated rings. The van der Waals surface area contributed by atoms with E-state index >= 15 is 4.39 Å². The van der Waals surface area contributed by atoms with Crippen LogP contribution in [0.25, 0.3) is 16.7 Å². The minimum Gasteiger partial charge on any atom is -0.473 e. The van der Waals surface area contributed by atoms with E-state index in [1.807, 2.05) is 84.9 Å². The molecule has 0 radical (unpaired) electrons. The first-order valence-electron chi connectivity index (χ1n) is 15.3. The maximum absolute atomic E-state index is 15.2. The Bertz CT molecular complexity index is 1780. The lowest BCUT2D eigenvalue weighted by Gasteiger charge is -2.36. The van der Waals surface area contributed by atoms with Gasteiger partial charge in [-0.3, -0.25) is 0 Å². The van der Waals surface area contributed by atoms with Crippen LogP contribution in [0.2, 0.25) is 0 Å². The number of amides is 1. The van der Waals surface area contributed by atoms with Crippen LogP contribution in [0, 0.1) is 0 Å². The second-order valence-corrected chi connectivity index (χ2v) is 12.2. The Morgan fingerprint density at radius 3 is 2.30 bits per heavy atom. The number of alkyl halides is 1. The number of ether oxygens (including phenoxy) is 3. The van der Waals surface area contributed by atoms with Gasteiger partial charge in [0.2, 0.25) is 11.8 Å². The number of hydrogen-bond acceptors (Lipinski definition) is 8. The highest BCUT2D eigenvalue weighted by atomic mass is 19.1. The van der Waals surface area contributed by atoms with E-state index in [0.717, 1.165) is 16.6 Å². The van der Waals surface area contributed by atoms with Gasteiger partial charge in [0.1, 0.15) is 36.2 Å². The van der Waals surface area contributed by atoms with Crippen molar-refractivity contribution in [2.75, 3.05) is 18.4 Å². The van der Waals surface area contributed by atoms with Crippen molar-refractivity contribution in [3.05, 3.63) is 102 Å². The van der Waals surface area contributed by atoms with Gasteiger partial charge in [-0.25, -0.2) is 13.9 Å². The summed E-state index contributed by atoms with van der Waals surface area (Å²) < 4.78 is 34.4. The molecule has 0 saturated carbocycles. The fraction of sp³-hybridized carbons (Fsp3) is 0.314. The minimum atomic E-state index is -1.26. The summed E-state index contributed by atoms with van der Waals surface area (Å²) >= 11 is 0. The molecule has 46 heavy (non-hydrogen) atoms. The summed E-state index contributed by atoms with van der Waals surface area (Å²) in [5, 5.41) is 12.1. The van der Waals surface area contributed by atoms with E-state index in [1.165, 1.54) is 4.90 Å². The van der Waals surface area contributed by atoms with E-state index in [9.17, 15) is 4.79 Å². The number of carbonyl (C=O) groups is 1. The van der Waals surface area contributed by atoms with E-state index in [1.54, 1.807) is 31.5 Å². The molecule has 6 rings (SSSR count). The van der Waals surface area contributed by atoms with Crippen molar-refractivity contribution in [1.29, 1.82) is 0 Å². The molecule has 1 N–H and O–H groups in total. The molecular formula is C35H37FN6O4. The largest absolute Gasteiger partial charge is 0.473 e. The van der Waals surface area contributed by atoms with Gasteiger partial charge in [-0.15, -0.1) is 5.10 Å². The molecule has 0 spiro atoms. The van der Waals surface area contributed by atoms with E-state index in [-0.39, 0.29) is 6.54 Å². The van der Waals surface area contributed by atoms with Gasteiger partial charge in [0, 0.05) is 18.3 Å². The molecule has 1 amide bonds. The first kappa shape index (κ1) is 30.8. The number of anilines is 1. The number of nitrogens with one attached hydrogen (secondary N) is 1. The number of piperidine rings is 1. The van der Waals surface area contributed by atoms with E-state index in [4.69, 9.17) is 14.2 Å². The zero-order chi connectivity index (χ0) is 32.1. The van der Waals surface area contributed by atoms with Crippen LogP contribution < -0.4 is 14.8 Å². The lowest BCUT2D eigenvalue weighted by Crippen LogP contribution is -2.51. The van der Waals surface area contributed by atoms with Crippen LogP contribution in [0.1, 0.15) is 38.3 Å². The second-order valence-electron chi connectivity index (χ2n) is 12.2. The normalized spacial score (nSPS) is 16.7. The first-order chi connectivity index (χ1) is 22.2. The third-order valence-electron chi connectivity index (χ3n) is 7.48. The maximum atomic E-state index is 15.2. The second kappa shape index (κ2) is 13.4. The standard InChI is InChI=1S/C35H37FN6O4/c1-35(2,3)46-34(43)41-19-18-28(27(36)21-41)37-26-14-15-30-29(20-26)39-40-42(30)31-16-17-32(44-22-24-10-6-4-7-11-24)38-33(31)45-23-25-12-8-5-9-13-25/h4-17,20,27-28,37H,18-19,21-23H2,1-3H3/t27-,28-/m0/s1. The number of pyridine rings is 1. The number of hydrogen-bond donors (Lipinski definition) is 1. The molecule has 0 bridgehead atoms. The number of benzene rings is 3. The molecule has 10 nitrogen and oxygen atoms in total. The summed E-state index contributed by atoms with van der Waals surface area (Å²) in [7, 11) is 0. The summed E-state index contributed by atoms with van der Waals surface area (Å²) in [6.07, 6.45) is -1.31. The lowest BCUT2D eigenvalue weighted by molar-refractivity contribution is 0.0125. The van der Waals surface area contributed by atoms with Crippen LogP contribution in [0.5, 0.6) is 11.8 Å². The van der Waals surface area contributed by atoms with Gasteiger partial charge in [0.25, 0.3) is 0 Å². The third-order valence-corrected chi connectivity index (χ3v) is 7.48. The van der Waals surface area contributed by atoms with Crippen molar-refractivity contribution in [2.24, 2.45) is 0 Å². The van der Waals surface area contributed by atoms with Gasteiger partial charge < -0.3 is 24.4 Å². The topological polar surface area (TPSA) is 104 Å². The van der Waals surface area contributed by atoms with Crippen LogP contribution in [-0.2, 0) is 18.0 Å². The SMILES string of the molecule is CC(C)(C)OC(=O)N1CC[C@H](Nc2ccc3c(c2)nnn3-c2ccc(OCc3ccccc3)nc2OCc2ccccc2)[C@@H](F)C1. The summed E-state index contributed by atoms with van der Waals surface area (Å²) in [5.74, 6) is 0.769. The number of aromatic nitrogens is 4. The Morgan fingerprint density at radius 1 is 0.935 bits per heavy atom. The minimum absolute atomic E-state index is 0.0329. The van der Waals surface area contributed by atoms with Gasteiger partial charge >= 0.3 is 6.09 Å². The smallest absolute Gasteiger partial charge is 0.410 e. The zero-order valence-electron chi connectivity index (χ0n) is 26.1. The lowest BCUT2D eigenvalue weighted by atomic mass is 10.0. The average Bonchev–Trinajstić information content (AvgIpc) is 3.47. The Labute approximate surface area is 267 Å². The van der Waals surface area contributed by atoms with Gasteiger partial charge in [-0.05, 0) is 62.6 Å². The van der Waals surface area contributed by atoms with Crippen molar-refractivity contribution in [2.45, 2.75) is 58.2 Å². The Morgan fingerprint density at radius 2 is 1.63 bits per heavy atom. The Kier molecular flexibility index (Phi) is 9.00. The van der Waals surface area contributed by atoms with Crippen molar-refractivity contribution in [1.82, 2.24) is 24.9 Å². The molecule has 0 unspecified atom stereocenters. The number of carbonyl (C=O) groups excluding carboxylic acids is 1. The van der Waals surface area contributed by atoms with Crippen LogP contribution in [0.4, 0.5) is 14.9 Å². The molecular weight excluding hydrogens is 587 g/mol. The van der Waals surface area contributed by atoms with Gasteiger partial charge in [-0.2, -0.15) is 4.98 Å². The molecule has 1 aliphatic rings. The molecule has 2 aromatic heterocycles. The highest BCUT2D eigenvalue weighted by Crippen LogP contribution is 2.29. The van der Waals surface area contributed by atoms with Crippen molar-refractivity contribution >= 4 is 22.8 Å². The predicted octanol–water partition coefficient (Wildman–Crippen LogP) is 6.73. The number of likely N-dealkylation sites (tertiary alicyclic amines) is 1. The van der Waals surface area contributed by atoms with E-state index < -0.39 is 23.9 Å². The molecule has 0 aliphatic carbocycles. The molecule has 1 saturated heterocycles. The van der Waals surface area contributed by atoms with Crippen LogP contribution in [0.3, 0.4) is 0 Å². The highest BCUT2D eigenvalue weighted by Gasteiger charge is 2.33. The number of fused-ring (bicyclic) bond motifs is 1. The van der Waals surface area contributed by atoms with Crippen molar-refractivity contribution in [3.8, 4) is 17.4 Å². The zero-order valence-corrected chi connectivity index (χ0v) is 26.1. The summed E-state index contributed by atoms with van der Waals surface area (Å²) in [4.78, 5) is 18.5. The molecule has 2 atom stereocenters. The van der Waals surface area contributed by atoms with Crippen LogP contribution >= 0.6 is 0 Å². The van der Waals surface area contributed by atoms with E-state index in [2.05, 4.69) is 20.6 Å². The summed E-state index contributed by atoms with van der Waals surface area (Å²) in [6, 6.07) is 28.5. The molecule has 11 heteroatoms.